The van der Waals surface area contributed by atoms with Crippen LogP contribution in [0.2, 0.25) is 0 Å². The minimum atomic E-state index is -3.96. The fraction of sp³-hybridized carbons (Fsp3) is 0.346. The molecular weight excluding hydrogens is 513 g/mol. The largest absolute Gasteiger partial charge is 0.309 e. The van der Waals surface area contributed by atoms with Gasteiger partial charge < -0.3 is 5.32 Å². The van der Waals surface area contributed by atoms with Gasteiger partial charge in [0.15, 0.2) is 0 Å². The topological polar surface area (TPSA) is 97.2 Å². The predicted octanol–water partition coefficient (Wildman–Crippen LogP) is 5.02. The van der Waals surface area contributed by atoms with Gasteiger partial charge in [0.2, 0.25) is 21.1 Å². The Balaban J connectivity index is 1.42. The first-order valence-corrected chi connectivity index (χ1v) is 14.3. The van der Waals surface area contributed by atoms with Gasteiger partial charge in [-0.25, -0.2) is 17.8 Å². The van der Waals surface area contributed by atoms with Crippen LogP contribution >= 0.6 is 11.3 Å². The number of nitrogens with zero attached hydrogens (tertiary/aromatic N) is 4. The molecule has 11 heteroatoms. The monoisotopic (exact) mass is 541 g/mol. The van der Waals surface area contributed by atoms with E-state index in [1.54, 1.807) is 10.7 Å². The summed E-state index contributed by atoms with van der Waals surface area (Å²) >= 11 is 1.47. The summed E-state index contributed by atoms with van der Waals surface area (Å²) in [5.74, 6) is -0.549. The van der Waals surface area contributed by atoms with Crippen LogP contribution < -0.4 is 5.32 Å². The van der Waals surface area contributed by atoms with Crippen LogP contribution in [0.25, 0.3) is 15.3 Å². The van der Waals surface area contributed by atoms with Gasteiger partial charge in [0, 0.05) is 12.6 Å². The summed E-state index contributed by atoms with van der Waals surface area (Å²) in [4.78, 5) is 18.0. The molecule has 4 aromatic rings. The van der Waals surface area contributed by atoms with Crippen LogP contribution in [0.1, 0.15) is 44.9 Å². The Bertz CT molecular complexity index is 1590. The van der Waals surface area contributed by atoms with Crippen molar-refractivity contribution >= 4 is 43.3 Å². The highest BCUT2D eigenvalue weighted by atomic mass is 32.2. The second-order valence-electron chi connectivity index (χ2n) is 10.2. The number of amides is 1. The first kappa shape index (κ1) is 25.5. The third kappa shape index (κ3) is 4.90. The number of anilines is 1. The van der Waals surface area contributed by atoms with E-state index in [1.807, 2.05) is 13.0 Å². The zero-order valence-corrected chi connectivity index (χ0v) is 22.7. The molecule has 3 heterocycles. The molecule has 1 saturated heterocycles. The lowest BCUT2D eigenvalue weighted by molar-refractivity contribution is -0.119. The maximum Gasteiger partial charge on any atom is 0.243 e. The number of fused-ring (bicyclic) bond motifs is 1. The van der Waals surface area contributed by atoms with Crippen LogP contribution in [0.5, 0.6) is 0 Å². The Kier molecular flexibility index (Phi) is 6.41. The summed E-state index contributed by atoms with van der Waals surface area (Å²) in [5.41, 5.74) is 2.73. The fourth-order valence-corrected chi connectivity index (χ4v) is 7.07. The average Bonchev–Trinajstić information content (AvgIpc) is 3.56. The van der Waals surface area contributed by atoms with Crippen LogP contribution in [-0.2, 0) is 20.2 Å². The Morgan fingerprint density at radius 3 is 2.57 bits per heavy atom. The number of sulfonamides is 1. The molecule has 1 aliphatic rings. The number of hydrogen-bond donors (Lipinski definition) is 1. The molecule has 0 saturated carbocycles. The minimum absolute atomic E-state index is 0.00116. The second kappa shape index (κ2) is 9.30. The molecule has 1 fully saturated rings. The van der Waals surface area contributed by atoms with Crippen molar-refractivity contribution in [3.63, 3.8) is 0 Å². The van der Waals surface area contributed by atoms with Gasteiger partial charge in [-0.3, -0.25) is 4.79 Å². The fourth-order valence-electron chi connectivity index (χ4n) is 4.45. The molecule has 1 unspecified atom stereocenters. The summed E-state index contributed by atoms with van der Waals surface area (Å²) in [6, 6.07) is 11.7. The molecule has 0 aliphatic carbocycles. The van der Waals surface area contributed by atoms with Crippen molar-refractivity contribution in [3.05, 3.63) is 65.6 Å². The van der Waals surface area contributed by atoms with Gasteiger partial charge >= 0.3 is 0 Å². The number of carbonyl (C=O) groups is 1. The molecule has 1 aliphatic heterocycles. The lowest BCUT2D eigenvalue weighted by Crippen LogP contribution is -2.43. The summed E-state index contributed by atoms with van der Waals surface area (Å²) < 4.78 is 43.5. The summed E-state index contributed by atoms with van der Waals surface area (Å²) in [6.45, 7) is 8.50. The highest BCUT2D eigenvalue weighted by Crippen LogP contribution is 2.32. The minimum Gasteiger partial charge on any atom is -0.309 e. The van der Waals surface area contributed by atoms with Crippen LogP contribution in [0, 0.1) is 12.7 Å². The van der Waals surface area contributed by atoms with E-state index in [0.717, 1.165) is 22.3 Å². The molecule has 0 bridgehead atoms. The molecule has 2 aromatic carbocycles. The predicted molar refractivity (Wildman–Crippen MR) is 142 cm³/mol. The zero-order chi connectivity index (χ0) is 26.5. The quantitative estimate of drug-likeness (QED) is 0.383. The lowest BCUT2D eigenvalue weighted by atomic mass is 9.87. The van der Waals surface area contributed by atoms with Gasteiger partial charge in [-0.15, -0.1) is 0 Å². The third-order valence-corrected chi connectivity index (χ3v) is 9.35. The molecule has 1 amide bonds. The van der Waals surface area contributed by atoms with E-state index in [-0.39, 0.29) is 16.9 Å². The number of benzene rings is 2. The van der Waals surface area contributed by atoms with Crippen molar-refractivity contribution in [2.45, 2.75) is 56.9 Å². The molecule has 0 spiro atoms. The first-order chi connectivity index (χ1) is 17.4. The number of carbonyl (C=O) groups excluding carboxylic acids is 1. The number of aromatic nitrogens is 3. The van der Waals surface area contributed by atoms with Crippen molar-refractivity contribution in [1.82, 2.24) is 19.1 Å². The Labute approximate surface area is 219 Å². The maximum atomic E-state index is 13.3. The maximum absolute atomic E-state index is 13.3. The Morgan fingerprint density at radius 1 is 1.14 bits per heavy atom. The third-order valence-electron chi connectivity index (χ3n) is 6.43. The highest BCUT2D eigenvalue weighted by Gasteiger charge is 2.39. The lowest BCUT2D eigenvalue weighted by Gasteiger charge is -2.23. The van der Waals surface area contributed by atoms with E-state index in [4.69, 9.17) is 4.98 Å². The number of thiazole rings is 1. The average molecular weight is 542 g/mol. The molecule has 5 rings (SSSR count). The summed E-state index contributed by atoms with van der Waals surface area (Å²) in [7, 11) is -3.96. The van der Waals surface area contributed by atoms with Crippen LogP contribution in [-0.4, -0.2) is 46.0 Å². The number of hydrogen-bond acceptors (Lipinski definition) is 6. The first-order valence-electron chi connectivity index (χ1n) is 12.0. The van der Waals surface area contributed by atoms with E-state index in [2.05, 4.69) is 43.3 Å². The van der Waals surface area contributed by atoms with E-state index in [1.165, 1.54) is 33.3 Å². The molecule has 1 N–H and O–H groups in total. The smallest absolute Gasteiger partial charge is 0.243 e. The SMILES string of the molecule is Cc1cc(NC(=O)C2CCCN2S(=O)(=O)c2ccc(F)cc2)n(-c2nc3ccc(C(C)(C)C)cc3s2)n1. The van der Waals surface area contributed by atoms with E-state index in [9.17, 15) is 17.6 Å². The number of halogens is 1. The van der Waals surface area contributed by atoms with E-state index in [0.29, 0.717) is 29.5 Å². The van der Waals surface area contributed by atoms with Crippen LogP contribution in [0.3, 0.4) is 0 Å². The van der Waals surface area contributed by atoms with Gasteiger partial charge in [0.1, 0.15) is 17.7 Å². The Hall–Kier alpha value is -3.15. The molecule has 37 heavy (non-hydrogen) atoms. The molecule has 0 radical (unpaired) electrons. The van der Waals surface area contributed by atoms with Crippen molar-refractivity contribution in [2.75, 3.05) is 11.9 Å². The number of aryl methyl sites for hydroxylation is 1. The van der Waals surface area contributed by atoms with E-state index >= 15 is 0 Å². The van der Waals surface area contributed by atoms with Gasteiger partial charge in [-0.2, -0.15) is 14.1 Å². The summed E-state index contributed by atoms with van der Waals surface area (Å²) in [5, 5.41) is 8.01. The number of nitrogens with one attached hydrogen (secondary N) is 1. The van der Waals surface area contributed by atoms with Crippen molar-refractivity contribution in [3.8, 4) is 5.13 Å². The van der Waals surface area contributed by atoms with Crippen LogP contribution in [0.15, 0.2) is 53.4 Å². The Morgan fingerprint density at radius 2 is 1.86 bits per heavy atom. The number of rotatable bonds is 5. The van der Waals surface area contributed by atoms with Crippen molar-refractivity contribution in [1.29, 1.82) is 0 Å². The standard InChI is InChI=1S/C26H28FN5O3S2/c1-16-14-23(32(30-16)25-28-20-12-7-17(26(2,3)4)15-22(20)36-25)29-24(33)21-6-5-13-31(21)37(34,35)19-10-8-18(27)9-11-19/h7-12,14-15,21H,5-6,13H2,1-4H3,(H,29,33). The van der Waals surface area contributed by atoms with Crippen molar-refractivity contribution < 1.29 is 17.6 Å². The van der Waals surface area contributed by atoms with Gasteiger partial charge in [0.25, 0.3) is 0 Å². The second-order valence-corrected chi connectivity index (χ2v) is 13.1. The zero-order valence-electron chi connectivity index (χ0n) is 21.0. The van der Waals surface area contributed by atoms with Gasteiger partial charge in [0.05, 0.1) is 20.8 Å². The molecular formula is C26H28FN5O3S2. The van der Waals surface area contributed by atoms with Crippen LogP contribution in [0.4, 0.5) is 10.2 Å². The van der Waals surface area contributed by atoms with Gasteiger partial charge in [-0.05, 0) is 67.1 Å². The van der Waals surface area contributed by atoms with Gasteiger partial charge in [-0.1, -0.05) is 38.2 Å². The molecule has 8 nitrogen and oxygen atoms in total. The normalized spacial score (nSPS) is 16.9. The molecule has 194 valence electrons. The molecule has 1 atom stereocenters. The summed E-state index contributed by atoms with van der Waals surface area (Å²) in [6.07, 6.45) is 0.931. The highest BCUT2D eigenvalue weighted by molar-refractivity contribution is 7.89. The molecule has 2 aromatic heterocycles. The van der Waals surface area contributed by atoms with Crippen molar-refractivity contribution in [2.24, 2.45) is 0 Å². The van der Waals surface area contributed by atoms with E-state index < -0.39 is 27.8 Å².